The fourth-order valence-electron chi connectivity index (χ4n) is 0.728. The van der Waals surface area contributed by atoms with Gasteiger partial charge in [-0.3, -0.25) is 0 Å². The molecular weight excluding hydrogens is 128 g/mol. The highest BCUT2D eigenvalue weighted by Crippen LogP contribution is 2.19. The van der Waals surface area contributed by atoms with E-state index in [9.17, 15) is 0 Å². The quantitative estimate of drug-likeness (QED) is 0.397. The van der Waals surface area contributed by atoms with Gasteiger partial charge in [-0.25, -0.2) is 0 Å². The van der Waals surface area contributed by atoms with E-state index in [0.29, 0.717) is 11.3 Å². The summed E-state index contributed by atoms with van der Waals surface area (Å²) in [5.41, 5.74) is 6.22. The Balaban J connectivity index is 3.30. The summed E-state index contributed by atoms with van der Waals surface area (Å²) < 4.78 is 0. The molecule has 0 heterocycles. The normalized spacial score (nSPS) is 9.20. The van der Waals surface area contributed by atoms with E-state index in [0.717, 1.165) is 6.21 Å². The van der Waals surface area contributed by atoms with Gasteiger partial charge in [0.05, 0.1) is 5.56 Å². The number of phenolic OH excluding ortho intramolecular Hbond substituents is 1. The highest BCUT2D eigenvalue weighted by Gasteiger charge is 1.99. The summed E-state index contributed by atoms with van der Waals surface area (Å²) in [5.74, 6) is 0.0509. The van der Waals surface area contributed by atoms with Crippen molar-refractivity contribution in [2.75, 3.05) is 5.73 Å². The zero-order valence-electron chi connectivity index (χ0n) is 5.33. The molecule has 0 aromatic heterocycles. The third kappa shape index (κ3) is 0.932. The molecule has 1 aromatic carbocycles. The van der Waals surface area contributed by atoms with Gasteiger partial charge >= 0.3 is 0 Å². The van der Waals surface area contributed by atoms with Gasteiger partial charge in [0.15, 0.2) is 0 Å². The molecule has 0 spiro atoms. The van der Waals surface area contributed by atoms with Crippen molar-refractivity contribution >= 4 is 11.9 Å². The van der Waals surface area contributed by atoms with Gasteiger partial charge in [-0.05, 0) is 12.1 Å². The Bertz CT molecular complexity index is 238. The predicted octanol–water partition coefficient (Wildman–Crippen LogP) is 0.972. The minimum absolute atomic E-state index is 0.0509. The molecule has 1 rings (SSSR count). The summed E-state index contributed by atoms with van der Waals surface area (Å²) in [5, 5.41) is 15.9. The fraction of sp³-hybridized carbons (Fsp3) is 0. The Labute approximate surface area is 58.6 Å². The van der Waals surface area contributed by atoms with Crippen molar-refractivity contribution in [3.8, 4) is 5.75 Å². The first-order chi connectivity index (χ1) is 4.75. The summed E-state index contributed by atoms with van der Waals surface area (Å²) in [7, 11) is 0. The fourth-order valence-corrected chi connectivity index (χ4v) is 0.728. The Morgan fingerprint density at radius 1 is 1.50 bits per heavy atom. The van der Waals surface area contributed by atoms with Crippen LogP contribution in [-0.2, 0) is 0 Å². The molecule has 1 aromatic rings. The smallest absolute Gasteiger partial charge is 0.126 e. The van der Waals surface area contributed by atoms with Crippen molar-refractivity contribution in [1.29, 1.82) is 5.41 Å². The van der Waals surface area contributed by atoms with Crippen molar-refractivity contribution in [1.82, 2.24) is 0 Å². The van der Waals surface area contributed by atoms with Crippen molar-refractivity contribution in [3.63, 3.8) is 0 Å². The molecule has 0 saturated carbocycles. The van der Waals surface area contributed by atoms with Gasteiger partial charge in [0.1, 0.15) is 5.75 Å². The maximum Gasteiger partial charge on any atom is 0.126 e. The lowest BCUT2D eigenvalue weighted by Crippen LogP contribution is -1.91. The second kappa shape index (κ2) is 2.39. The van der Waals surface area contributed by atoms with E-state index in [1.807, 2.05) is 0 Å². The van der Waals surface area contributed by atoms with Crippen LogP contribution in [0.5, 0.6) is 5.75 Å². The minimum Gasteiger partial charge on any atom is -0.507 e. The molecular formula is C7H8N2O. The average Bonchev–Trinajstić information content (AvgIpc) is 1.88. The van der Waals surface area contributed by atoms with Gasteiger partial charge in [0.25, 0.3) is 0 Å². The maximum atomic E-state index is 9.06. The Morgan fingerprint density at radius 2 is 2.20 bits per heavy atom. The van der Waals surface area contributed by atoms with Crippen LogP contribution in [0.15, 0.2) is 18.2 Å². The molecule has 0 aliphatic heterocycles. The zero-order valence-corrected chi connectivity index (χ0v) is 5.33. The van der Waals surface area contributed by atoms with Gasteiger partial charge in [0.2, 0.25) is 0 Å². The highest BCUT2D eigenvalue weighted by molar-refractivity contribution is 5.88. The van der Waals surface area contributed by atoms with Gasteiger partial charge in [-0.1, -0.05) is 6.07 Å². The van der Waals surface area contributed by atoms with Crippen molar-refractivity contribution < 1.29 is 5.11 Å². The minimum atomic E-state index is 0.0509. The maximum absolute atomic E-state index is 9.06. The van der Waals surface area contributed by atoms with Gasteiger partial charge in [-0.15, -0.1) is 0 Å². The molecule has 3 nitrogen and oxygen atoms in total. The molecule has 4 N–H and O–H groups in total. The molecule has 52 valence electrons. The van der Waals surface area contributed by atoms with Crippen LogP contribution < -0.4 is 5.73 Å². The second-order valence-corrected chi connectivity index (χ2v) is 1.92. The Morgan fingerprint density at radius 3 is 2.60 bits per heavy atom. The van der Waals surface area contributed by atoms with Crippen LogP contribution in [-0.4, -0.2) is 11.3 Å². The number of nitrogens with one attached hydrogen (secondary N) is 1. The van der Waals surface area contributed by atoms with Gasteiger partial charge < -0.3 is 16.2 Å². The van der Waals surface area contributed by atoms with E-state index in [1.54, 1.807) is 12.1 Å². The zero-order chi connectivity index (χ0) is 7.56. The summed E-state index contributed by atoms with van der Waals surface area (Å²) in [4.78, 5) is 0. The molecule has 0 radical (unpaired) electrons. The number of phenols is 1. The SMILES string of the molecule is N=Cc1c(N)cccc1O. The Hall–Kier alpha value is -1.51. The second-order valence-electron chi connectivity index (χ2n) is 1.92. The van der Waals surface area contributed by atoms with Crippen molar-refractivity contribution in [3.05, 3.63) is 23.8 Å². The molecule has 0 saturated heterocycles. The molecule has 0 amide bonds. The van der Waals surface area contributed by atoms with Crippen molar-refractivity contribution in [2.45, 2.75) is 0 Å². The first-order valence-electron chi connectivity index (χ1n) is 2.83. The number of anilines is 1. The third-order valence-electron chi connectivity index (χ3n) is 1.26. The molecule has 3 heteroatoms. The average molecular weight is 136 g/mol. The number of nitrogen functional groups attached to an aromatic ring is 1. The predicted molar refractivity (Wildman–Crippen MR) is 40.4 cm³/mol. The standard InChI is InChI=1S/C7H8N2O/c8-4-5-6(9)2-1-3-7(5)10/h1-4,8,10H,9H2. The molecule has 0 aliphatic rings. The molecule has 0 unspecified atom stereocenters. The number of hydrogen-bond donors (Lipinski definition) is 3. The molecule has 0 aliphatic carbocycles. The molecule has 0 fully saturated rings. The monoisotopic (exact) mass is 136 g/mol. The van der Waals surface area contributed by atoms with Crippen LogP contribution in [0.4, 0.5) is 5.69 Å². The summed E-state index contributed by atoms with van der Waals surface area (Å²) in [6.45, 7) is 0. The van der Waals surface area contributed by atoms with Crippen LogP contribution in [0, 0.1) is 5.41 Å². The van der Waals surface area contributed by atoms with E-state index in [2.05, 4.69) is 0 Å². The van der Waals surface area contributed by atoms with Crippen LogP contribution >= 0.6 is 0 Å². The van der Waals surface area contributed by atoms with Crippen LogP contribution in [0.1, 0.15) is 5.56 Å². The van der Waals surface area contributed by atoms with E-state index in [1.165, 1.54) is 6.07 Å². The van der Waals surface area contributed by atoms with Crippen LogP contribution in [0.3, 0.4) is 0 Å². The number of hydrogen-bond acceptors (Lipinski definition) is 3. The highest BCUT2D eigenvalue weighted by atomic mass is 16.3. The van der Waals surface area contributed by atoms with E-state index in [-0.39, 0.29) is 5.75 Å². The lowest BCUT2D eigenvalue weighted by atomic mass is 10.2. The third-order valence-corrected chi connectivity index (χ3v) is 1.26. The number of benzene rings is 1. The molecule has 0 bridgehead atoms. The van der Waals surface area contributed by atoms with Crippen LogP contribution in [0.2, 0.25) is 0 Å². The van der Waals surface area contributed by atoms with E-state index < -0.39 is 0 Å². The lowest BCUT2D eigenvalue weighted by molar-refractivity contribution is 0.475. The Kier molecular flexibility index (Phi) is 1.58. The molecule has 10 heavy (non-hydrogen) atoms. The molecule has 0 atom stereocenters. The van der Waals surface area contributed by atoms with E-state index >= 15 is 0 Å². The summed E-state index contributed by atoms with van der Waals surface area (Å²) >= 11 is 0. The van der Waals surface area contributed by atoms with Gasteiger partial charge in [-0.2, -0.15) is 0 Å². The number of aromatic hydroxyl groups is 1. The first kappa shape index (κ1) is 6.61. The summed E-state index contributed by atoms with van der Waals surface area (Å²) in [6, 6.07) is 4.77. The van der Waals surface area contributed by atoms with E-state index in [4.69, 9.17) is 16.2 Å². The lowest BCUT2D eigenvalue weighted by Gasteiger charge is -1.99. The number of rotatable bonds is 1. The van der Waals surface area contributed by atoms with Crippen LogP contribution in [0.25, 0.3) is 0 Å². The van der Waals surface area contributed by atoms with Gasteiger partial charge in [0, 0.05) is 11.9 Å². The largest absolute Gasteiger partial charge is 0.507 e. The number of nitrogens with two attached hydrogens (primary N) is 1. The van der Waals surface area contributed by atoms with Crippen molar-refractivity contribution in [2.24, 2.45) is 0 Å². The summed E-state index contributed by atoms with van der Waals surface area (Å²) in [6.07, 6.45) is 1.03. The first-order valence-corrected chi connectivity index (χ1v) is 2.83. The topological polar surface area (TPSA) is 70.1 Å².